The van der Waals surface area contributed by atoms with E-state index in [2.05, 4.69) is 75.0 Å². The van der Waals surface area contributed by atoms with Crippen LogP contribution in [0.2, 0.25) is 0 Å². The third-order valence-corrected chi connectivity index (χ3v) is 27.8. The molecule has 0 aromatic rings. The quantitative estimate of drug-likeness (QED) is 0.193. The Hall–Kier alpha value is -0.160. The standard InChI is InChI=1S/C72H126N4/c1-47-9-25-55(26-10-47)73(56-27-11-48(2)12-28-56)67-45-68(74(57-29-13-49(3)14-30-57)58-31-15-50(4)16-32-58)64-43-44-66-70(76(61-37-21-53(7)22-38-61)62-39-23-54(8)24-40-62)46-69(65-42-41-63(67)71(64)72(65)66)75(59-33-17-51(5)18-34-59)60-35-19-52(6)20-36-60/h47-72H,9-46H2,1-8H3. The van der Waals surface area contributed by atoms with Crippen LogP contribution in [0.15, 0.2) is 0 Å². The first-order valence-corrected chi connectivity index (χ1v) is 36.0. The van der Waals surface area contributed by atoms with Gasteiger partial charge in [-0.25, -0.2) is 0 Å². The first kappa shape index (κ1) is 56.3. The zero-order valence-corrected chi connectivity index (χ0v) is 51.7. The molecule has 12 rings (SSSR count). The van der Waals surface area contributed by atoms with Gasteiger partial charge in [0, 0.05) is 72.5 Å². The first-order chi connectivity index (χ1) is 36.9. The Morgan fingerprint density at radius 1 is 0.171 bits per heavy atom. The summed E-state index contributed by atoms with van der Waals surface area (Å²) in [7, 11) is 0. The summed E-state index contributed by atoms with van der Waals surface area (Å²) in [5, 5.41) is 0. The monoisotopic (exact) mass is 1050 g/mol. The molecular weight excluding hydrogens is 921 g/mol. The van der Waals surface area contributed by atoms with Gasteiger partial charge in [-0.1, -0.05) is 55.4 Å². The maximum atomic E-state index is 3.56. The molecule has 0 spiro atoms. The summed E-state index contributed by atoms with van der Waals surface area (Å²) in [5.41, 5.74) is 0. The van der Waals surface area contributed by atoms with E-state index in [1.807, 2.05) is 0 Å². The van der Waals surface area contributed by atoms with Crippen LogP contribution >= 0.6 is 0 Å². The third-order valence-electron chi connectivity index (χ3n) is 27.8. The minimum atomic E-state index is 0.820. The largest absolute Gasteiger partial charge is 0.294 e. The normalized spacial score (nSPS) is 50.7. The molecule has 12 saturated carbocycles. The van der Waals surface area contributed by atoms with E-state index in [0.29, 0.717) is 0 Å². The molecule has 0 bridgehead atoms. The van der Waals surface area contributed by atoms with Gasteiger partial charge in [0.15, 0.2) is 0 Å². The van der Waals surface area contributed by atoms with Gasteiger partial charge in [0.25, 0.3) is 0 Å². The minimum Gasteiger partial charge on any atom is -0.294 e. The summed E-state index contributed by atoms with van der Waals surface area (Å²) in [6.45, 7) is 20.9. The summed E-state index contributed by atoms with van der Waals surface area (Å²) in [6.07, 6.45) is 57.3. The van der Waals surface area contributed by atoms with Gasteiger partial charge in [-0.2, -0.15) is 0 Å². The van der Waals surface area contributed by atoms with Crippen molar-refractivity contribution in [3.05, 3.63) is 0 Å². The van der Waals surface area contributed by atoms with Gasteiger partial charge in [0.1, 0.15) is 0 Å². The maximum absolute atomic E-state index is 3.56. The Kier molecular flexibility index (Phi) is 18.5. The van der Waals surface area contributed by atoms with Crippen LogP contribution in [0.4, 0.5) is 0 Å². The zero-order chi connectivity index (χ0) is 52.2. The predicted octanol–water partition coefficient (Wildman–Crippen LogP) is 18.4. The summed E-state index contributed by atoms with van der Waals surface area (Å²) >= 11 is 0. The van der Waals surface area contributed by atoms with Crippen LogP contribution in [-0.4, -0.2) is 92.1 Å². The molecule has 12 fully saturated rings. The molecule has 0 aromatic heterocycles. The lowest BCUT2D eigenvalue weighted by atomic mass is 9.44. The predicted molar refractivity (Wildman–Crippen MR) is 323 cm³/mol. The summed E-state index contributed by atoms with van der Waals surface area (Å²) < 4.78 is 0. The molecule has 4 heteroatoms. The Balaban J connectivity index is 1.00. The van der Waals surface area contributed by atoms with Crippen LogP contribution in [0, 0.1) is 82.9 Å². The Morgan fingerprint density at radius 3 is 0.434 bits per heavy atom. The molecule has 434 valence electrons. The molecule has 12 aliphatic rings. The number of hydrogen-bond acceptors (Lipinski definition) is 4. The minimum absolute atomic E-state index is 0.820. The smallest absolute Gasteiger partial charge is 0.0147 e. The van der Waals surface area contributed by atoms with E-state index in [1.54, 1.807) is 38.5 Å². The van der Waals surface area contributed by atoms with E-state index in [0.717, 1.165) is 155 Å². The lowest BCUT2D eigenvalue weighted by molar-refractivity contribution is -0.196. The SMILES string of the molecule is CC1CCC(N(C2CCC(C)CC2)C2CC(N(C3CCC(C)CC3)C3CCC(C)CC3)C3CCC4C5C(CCC2C35)C(N(C2CCC(C)CC2)C2CCC(C)CC2)CC4N(C2CCC(C)CC2)C2CCC(C)CC2)CC1. The third kappa shape index (κ3) is 11.8. The highest BCUT2D eigenvalue weighted by molar-refractivity contribution is 5.17. The molecule has 4 nitrogen and oxygen atoms in total. The zero-order valence-electron chi connectivity index (χ0n) is 51.7. The molecule has 8 unspecified atom stereocenters. The van der Waals surface area contributed by atoms with E-state index in [4.69, 9.17) is 0 Å². The first-order valence-electron chi connectivity index (χ1n) is 36.0. The molecule has 76 heavy (non-hydrogen) atoms. The second-order valence-corrected chi connectivity index (χ2v) is 32.8. The van der Waals surface area contributed by atoms with Crippen molar-refractivity contribution in [3.63, 3.8) is 0 Å². The molecule has 8 atom stereocenters. The molecule has 0 aliphatic heterocycles. The van der Waals surface area contributed by atoms with Gasteiger partial charge < -0.3 is 0 Å². The van der Waals surface area contributed by atoms with E-state index in [9.17, 15) is 0 Å². The van der Waals surface area contributed by atoms with Crippen molar-refractivity contribution >= 4 is 0 Å². The number of nitrogens with zero attached hydrogens (tertiary/aromatic N) is 4. The fourth-order valence-electron chi connectivity index (χ4n) is 23.4. The van der Waals surface area contributed by atoms with Crippen molar-refractivity contribution < 1.29 is 0 Å². The van der Waals surface area contributed by atoms with Crippen molar-refractivity contribution in [1.29, 1.82) is 0 Å². The summed E-state index contributed by atoms with van der Waals surface area (Å²) in [4.78, 5) is 14.3. The second kappa shape index (κ2) is 25.0. The van der Waals surface area contributed by atoms with Crippen molar-refractivity contribution in [1.82, 2.24) is 19.6 Å². The van der Waals surface area contributed by atoms with E-state index in [-0.39, 0.29) is 0 Å². The van der Waals surface area contributed by atoms with Crippen LogP contribution in [-0.2, 0) is 0 Å². The van der Waals surface area contributed by atoms with Gasteiger partial charge in [-0.3, -0.25) is 19.6 Å². The molecule has 0 aromatic carbocycles. The number of hydrogen-bond donors (Lipinski definition) is 0. The van der Waals surface area contributed by atoms with Crippen molar-refractivity contribution in [3.8, 4) is 0 Å². The van der Waals surface area contributed by atoms with Crippen LogP contribution in [0.5, 0.6) is 0 Å². The average Bonchev–Trinajstić information content (AvgIpc) is 3.49. The van der Waals surface area contributed by atoms with Crippen LogP contribution in [0.1, 0.15) is 299 Å². The fourth-order valence-corrected chi connectivity index (χ4v) is 23.4. The molecule has 0 N–H and O–H groups in total. The van der Waals surface area contributed by atoms with Gasteiger partial charge in [-0.15, -0.1) is 0 Å². The highest BCUT2D eigenvalue weighted by Gasteiger charge is 2.64. The molecule has 0 radical (unpaired) electrons. The Bertz CT molecular complexity index is 1410. The lowest BCUT2D eigenvalue weighted by Crippen LogP contribution is -2.72. The number of rotatable bonds is 12. The highest BCUT2D eigenvalue weighted by atomic mass is 15.3. The Labute approximate surface area is 472 Å². The van der Waals surface area contributed by atoms with Crippen LogP contribution in [0.25, 0.3) is 0 Å². The molecular formula is C72H126N4. The van der Waals surface area contributed by atoms with Gasteiger partial charge in [0.2, 0.25) is 0 Å². The van der Waals surface area contributed by atoms with E-state index >= 15 is 0 Å². The molecule has 12 aliphatic carbocycles. The fraction of sp³-hybridized carbons (Fsp3) is 1.00. The van der Waals surface area contributed by atoms with E-state index < -0.39 is 0 Å². The van der Waals surface area contributed by atoms with Crippen molar-refractivity contribution in [2.75, 3.05) is 0 Å². The second-order valence-electron chi connectivity index (χ2n) is 32.8. The molecule has 0 heterocycles. The maximum Gasteiger partial charge on any atom is 0.0147 e. The molecule has 0 amide bonds. The van der Waals surface area contributed by atoms with Gasteiger partial charge in [-0.05, 0) is 327 Å². The van der Waals surface area contributed by atoms with Crippen molar-refractivity contribution in [2.24, 2.45) is 82.9 Å². The topological polar surface area (TPSA) is 13.0 Å². The van der Waals surface area contributed by atoms with Gasteiger partial charge >= 0.3 is 0 Å². The summed E-state index contributed by atoms with van der Waals surface area (Å²) in [5.74, 6) is 13.1. The van der Waals surface area contributed by atoms with Crippen molar-refractivity contribution in [2.45, 2.75) is 372 Å². The van der Waals surface area contributed by atoms with E-state index in [1.165, 1.54) is 205 Å². The van der Waals surface area contributed by atoms with Gasteiger partial charge in [0.05, 0.1) is 0 Å². The average molecular weight is 1050 g/mol. The van der Waals surface area contributed by atoms with Crippen LogP contribution in [0.3, 0.4) is 0 Å². The van der Waals surface area contributed by atoms with Crippen LogP contribution < -0.4 is 0 Å². The lowest BCUT2D eigenvalue weighted by Gasteiger charge is -2.69. The highest BCUT2D eigenvalue weighted by Crippen LogP contribution is 2.65. The Morgan fingerprint density at radius 2 is 0.303 bits per heavy atom. The molecule has 0 saturated heterocycles. The summed E-state index contributed by atoms with van der Waals surface area (Å²) in [6, 6.07) is 10.0.